The normalized spacial score (nSPS) is 21.2. The Hall–Kier alpha value is -5.39. The summed E-state index contributed by atoms with van der Waals surface area (Å²) in [4.78, 5) is 29.6. The van der Waals surface area contributed by atoms with Crippen molar-refractivity contribution < 1.29 is 14.2 Å². The van der Waals surface area contributed by atoms with Crippen LogP contribution in [0.5, 0.6) is 5.88 Å². The van der Waals surface area contributed by atoms with Crippen LogP contribution in [0, 0.1) is 41.5 Å². The molecular formula is C42H49Cl2FN14O2. The Morgan fingerprint density at radius 2 is 1.11 bits per heavy atom. The first-order valence-electron chi connectivity index (χ1n) is 20.9. The average Bonchev–Trinajstić information content (AvgIpc) is 4.07. The van der Waals surface area contributed by atoms with Gasteiger partial charge >= 0.3 is 0 Å². The number of nitrogens with zero attached hydrogens (tertiary/aromatic N) is 14. The van der Waals surface area contributed by atoms with Gasteiger partial charge in [-0.2, -0.15) is 4.39 Å². The van der Waals surface area contributed by atoms with E-state index in [0.717, 1.165) is 92.1 Å². The van der Waals surface area contributed by atoms with Gasteiger partial charge in [0.2, 0.25) is 23.7 Å². The minimum absolute atomic E-state index is 0.346. The molecule has 2 aliphatic carbocycles. The maximum Gasteiger partial charge on any atom is 0.225 e. The van der Waals surface area contributed by atoms with Crippen molar-refractivity contribution in [2.24, 2.45) is 35.5 Å². The SMILES string of the molecule is Clc1cnc(N2CCC([C@H]3C[C@H]3CCOc3ccc(-n4ccnn4)cn3)CC2)nc1.Fc1ccc(-n2ccnn2)cn1.OCC[C@@H]1C[C@@H]1C1CCN(c2ncc(Cl)cn2)CC1. The van der Waals surface area contributed by atoms with Gasteiger partial charge < -0.3 is 19.6 Å². The third kappa shape index (κ3) is 11.7. The lowest BCUT2D eigenvalue weighted by Gasteiger charge is -2.32. The van der Waals surface area contributed by atoms with Crippen LogP contribution >= 0.6 is 23.2 Å². The van der Waals surface area contributed by atoms with Gasteiger partial charge in [-0.15, -0.1) is 10.2 Å². The number of halogens is 3. The van der Waals surface area contributed by atoms with E-state index in [4.69, 9.17) is 33.0 Å². The zero-order valence-corrected chi connectivity index (χ0v) is 35.2. The number of ether oxygens (including phenoxy) is 1. The molecule has 0 radical (unpaired) electrons. The molecule has 8 heterocycles. The zero-order chi connectivity index (χ0) is 42.0. The van der Waals surface area contributed by atoms with Crippen LogP contribution in [0.2, 0.25) is 10.0 Å². The molecule has 10 rings (SSSR count). The Morgan fingerprint density at radius 3 is 1.54 bits per heavy atom. The second-order valence-electron chi connectivity index (χ2n) is 15.9. The van der Waals surface area contributed by atoms with Crippen LogP contribution in [0.1, 0.15) is 51.4 Å². The molecule has 1 N–H and O–H groups in total. The Bertz CT molecular complexity index is 2190. The smallest absolute Gasteiger partial charge is 0.225 e. The lowest BCUT2D eigenvalue weighted by atomic mass is 9.90. The highest BCUT2D eigenvalue weighted by Crippen LogP contribution is 2.50. The second kappa shape index (κ2) is 20.4. The van der Waals surface area contributed by atoms with E-state index in [1.54, 1.807) is 66.5 Å². The van der Waals surface area contributed by atoms with Gasteiger partial charge in [0.1, 0.15) is 0 Å². The first-order chi connectivity index (χ1) is 29.9. The van der Waals surface area contributed by atoms with Crippen LogP contribution < -0.4 is 14.5 Å². The molecule has 0 bridgehead atoms. The standard InChI is InChI=1S/C21H24ClN7O.C14H20ClN3O.C7H5FN4/c22-17-12-24-21(25-13-17)28-7-3-15(4-8-28)19-11-16(19)5-10-30-20-2-1-18(14-23-20)29-9-6-26-27-29;15-12-8-16-14(17-9-12)18-4-1-10(2-5-18)13-7-11(13)3-6-19;8-7-2-1-6(5-9-7)12-4-3-10-11-12/h1-2,6,9,12-16,19H,3-5,7-8,10-11H2;8-11,13,19H,1-7H2;1-5H/t16-,19-;11-,13-;/m11./s1. The maximum absolute atomic E-state index is 12.4. The number of anilines is 2. The molecule has 6 aromatic rings. The number of aliphatic hydroxyl groups excluding tert-OH is 1. The summed E-state index contributed by atoms with van der Waals surface area (Å²) in [5.41, 5.74) is 1.56. The van der Waals surface area contributed by atoms with Crippen molar-refractivity contribution in [2.45, 2.75) is 51.4 Å². The highest BCUT2D eigenvalue weighted by molar-refractivity contribution is 6.30. The fourth-order valence-corrected chi connectivity index (χ4v) is 8.82. The zero-order valence-electron chi connectivity index (χ0n) is 33.7. The fraction of sp³-hybridized carbons (Fsp3) is 0.476. The predicted octanol–water partition coefficient (Wildman–Crippen LogP) is 6.59. The van der Waals surface area contributed by atoms with Gasteiger partial charge in [-0.25, -0.2) is 39.3 Å². The van der Waals surface area contributed by atoms with Crippen molar-refractivity contribution >= 4 is 35.1 Å². The minimum atomic E-state index is -0.501. The third-order valence-electron chi connectivity index (χ3n) is 12.1. The van der Waals surface area contributed by atoms with E-state index in [9.17, 15) is 4.39 Å². The van der Waals surface area contributed by atoms with E-state index >= 15 is 0 Å². The Morgan fingerprint density at radius 1 is 0.623 bits per heavy atom. The van der Waals surface area contributed by atoms with Crippen molar-refractivity contribution in [3.8, 4) is 17.3 Å². The van der Waals surface area contributed by atoms with E-state index in [2.05, 4.69) is 60.3 Å². The molecule has 2 aliphatic heterocycles. The average molecular weight is 872 g/mol. The maximum atomic E-state index is 12.4. The second-order valence-corrected chi connectivity index (χ2v) is 16.8. The quantitative estimate of drug-likeness (QED) is 0.130. The summed E-state index contributed by atoms with van der Waals surface area (Å²) in [7, 11) is 0. The van der Waals surface area contributed by atoms with E-state index in [1.807, 2.05) is 12.1 Å². The van der Waals surface area contributed by atoms with Crippen LogP contribution in [-0.4, -0.2) is 104 Å². The number of piperidine rings is 2. The summed E-state index contributed by atoms with van der Waals surface area (Å²) < 4.78 is 21.4. The van der Waals surface area contributed by atoms with Gasteiger partial charge in [-0.3, -0.25) is 0 Å². The number of hydrogen-bond acceptors (Lipinski definition) is 14. The molecule has 0 aromatic carbocycles. The number of aliphatic hydroxyl groups is 1. The molecule has 4 fully saturated rings. The van der Waals surface area contributed by atoms with Crippen molar-refractivity contribution in [3.05, 3.63) is 102 Å². The van der Waals surface area contributed by atoms with Gasteiger partial charge in [-0.05, 0) is 105 Å². The molecule has 0 spiro atoms. The molecule has 0 unspecified atom stereocenters. The number of pyridine rings is 2. The van der Waals surface area contributed by atoms with Crippen molar-refractivity contribution in [1.29, 1.82) is 0 Å². The van der Waals surface area contributed by atoms with Crippen LogP contribution in [-0.2, 0) is 0 Å². The van der Waals surface area contributed by atoms with Crippen LogP contribution in [0.25, 0.3) is 11.4 Å². The summed E-state index contributed by atoms with van der Waals surface area (Å²) in [6.07, 6.45) is 26.0. The Kier molecular flexibility index (Phi) is 14.2. The van der Waals surface area contributed by atoms with E-state index < -0.39 is 5.95 Å². The molecule has 19 heteroatoms. The topological polar surface area (TPSA) is 175 Å². The lowest BCUT2D eigenvalue weighted by molar-refractivity contribution is 0.266. The van der Waals surface area contributed by atoms with Crippen LogP contribution in [0.3, 0.4) is 0 Å². The first-order valence-corrected chi connectivity index (χ1v) is 21.7. The van der Waals surface area contributed by atoms with Crippen molar-refractivity contribution in [2.75, 3.05) is 49.2 Å². The first kappa shape index (κ1) is 42.3. The molecule has 0 amide bonds. The molecule has 2 saturated heterocycles. The van der Waals surface area contributed by atoms with Crippen molar-refractivity contribution in [1.82, 2.24) is 59.9 Å². The number of rotatable bonds is 12. The fourth-order valence-electron chi connectivity index (χ4n) is 8.62. The van der Waals surface area contributed by atoms with Gasteiger partial charge in [0.15, 0.2) is 0 Å². The van der Waals surface area contributed by atoms with E-state index in [-0.39, 0.29) is 0 Å². The van der Waals surface area contributed by atoms with E-state index in [0.29, 0.717) is 34.8 Å². The molecule has 2 saturated carbocycles. The Labute approximate surface area is 363 Å². The summed E-state index contributed by atoms with van der Waals surface area (Å²) >= 11 is 11.7. The summed E-state index contributed by atoms with van der Waals surface area (Å²) in [5.74, 6) is 6.65. The molecule has 320 valence electrons. The van der Waals surface area contributed by atoms with Gasteiger partial charge in [0.25, 0.3) is 0 Å². The monoisotopic (exact) mass is 870 g/mol. The molecule has 6 aromatic heterocycles. The largest absolute Gasteiger partial charge is 0.478 e. The van der Waals surface area contributed by atoms with Crippen LogP contribution in [0.4, 0.5) is 16.3 Å². The minimum Gasteiger partial charge on any atom is -0.478 e. The third-order valence-corrected chi connectivity index (χ3v) is 12.5. The molecule has 4 aliphatic rings. The highest BCUT2D eigenvalue weighted by Gasteiger charge is 2.44. The summed E-state index contributed by atoms with van der Waals surface area (Å²) in [5, 5.41) is 25.2. The summed E-state index contributed by atoms with van der Waals surface area (Å²) in [6, 6.07) is 6.68. The van der Waals surface area contributed by atoms with Gasteiger partial charge in [0.05, 0.1) is 90.0 Å². The van der Waals surface area contributed by atoms with E-state index in [1.165, 1.54) is 55.5 Å². The van der Waals surface area contributed by atoms with Gasteiger partial charge in [-0.1, -0.05) is 33.6 Å². The molecule has 16 nitrogen and oxygen atoms in total. The van der Waals surface area contributed by atoms with Crippen LogP contribution in [0.15, 0.2) is 86.2 Å². The molecule has 4 atom stereocenters. The molecule has 61 heavy (non-hydrogen) atoms. The summed E-state index contributed by atoms with van der Waals surface area (Å²) in [6.45, 7) is 5.18. The Balaban J connectivity index is 0.000000141. The van der Waals surface area contributed by atoms with Crippen molar-refractivity contribution in [3.63, 3.8) is 0 Å². The predicted molar refractivity (Wildman–Crippen MR) is 227 cm³/mol. The lowest BCUT2D eigenvalue weighted by Crippen LogP contribution is -2.35. The number of aromatic nitrogens is 12. The molecular weight excluding hydrogens is 822 g/mol. The van der Waals surface area contributed by atoms with Gasteiger partial charge in [0, 0.05) is 38.9 Å². The highest BCUT2D eigenvalue weighted by atomic mass is 35.5. The number of hydrogen-bond donors (Lipinski definition) is 1.